The number of alkyl halides is 2. The topological polar surface area (TPSA) is 31.2 Å². The van der Waals surface area contributed by atoms with Crippen molar-refractivity contribution >= 4 is 15.9 Å². The Morgan fingerprint density at radius 1 is 1.64 bits per heavy atom. The van der Waals surface area contributed by atoms with E-state index in [2.05, 4.69) is 15.9 Å². The van der Waals surface area contributed by atoms with Gasteiger partial charge >= 0.3 is 6.55 Å². The molecular formula is C8H8BrF2NO2. The summed E-state index contributed by atoms with van der Waals surface area (Å²) in [4.78, 5) is 11.3. The number of halogens is 3. The molecule has 0 aliphatic heterocycles. The molecule has 0 amide bonds. The lowest BCUT2D eigenvalue weighted by atomic mass is 10.4. The van der Waals surface area contributed by atoms with Gasteiger partial charge in [-0.1, -0.05) is 0 Å². The third-order valence-corrected chi connectivity index (χ3v) is 1.92. The highest BCUT2D eigenvalue weighted by atomic mass is 79.9. The van der Waals surface area contributed by atoms with Crippen LogP contribution in [0.5, 0.6) is 5.75 Å². The lowest BCUT2D eigenvalue weighted by molar-refractivity contribution is 0.0649. The minimum Gasteiger partial charge on any atom is -0.488 e. The maximum absolute atomic E-state index is 12.3. The van der Waals surface area contributed by atoms with Crippen molar-refractivity contribution in [2.75, 3.05) is 6.61 Å². The number of rotatable bonds is 3. The summed E-state index contributed by atoms with van der Waals surface area (Å²) in [6.07, 6.45) is 1.02. The molecule has 0 N–H and O–H groups in total. The van der Waals surface area contributed by atoms with E-state index in [0.717, 1.165) is 6.20 Å². The second-order valence-electron chi connectivity index (χ2n) is 2.45. The Balaban J connectivity index is 3.25. The van der Waals surface area contributed by atoms with Crippen LogP contribution in [0.2, 0.25) is 0 Å². The van der Waals surface area contributed by atoms with Gasteiger partial charge in [-0.15, -0.1) is 0 Å². The Kier molecular flexibility index (Phi) is 3.62. The van der Waals surface area contributed by atoms with E-state index in [1.807, 2.05) is 0 Å². The first kappa shape index (κ1) is 11.2. The van der Waals surface area contributed by atoms with Crippen LogP contribution in [0.1, 0.15) is 13.5 Å². The molecule has 0 aliphatic carbocycles. The van der Waals surface area contributed by atoms with Gasteiger partial charge in [0.25, 0.3) is 5.56 Å². The van der Waals surface area contributed by atoms with E-state index in [-0.39, 0.29) is 12.4 Å². The van der Waals surface area contributed by atoms with Crippen molar-refractivity contribution in [3.8, 4) is 5.75 Å². The molecule has 78 valence electrons. The van der Waals surface area contributed by atoms with Crippen LogP contribution < -0.4 is 10.3 Å². The number of pyridine rings is 1. The van der Waals surface area contributed by atoms with Crippen molar-refractivity contribution in [1.29, 1.82) is 0 Å². The van der Waals surface area contributed by atoms with Crippen LogP contribution in [0.15, 0.2) is 21.5 Å². The van der Waals surface area contributed by atoms with Crippen LogP contribution >= 0.6 is 15.9 Å². The second-order valence-corrected chi connectivity index (χ2v) is 3.36. The van der Waals surface area contributed by atoms with Crippen molar-refractivity contribution in [3.05, 3.63) is 27.1 Å². The van der Waals surface area contributed by atoms with Crippen LogP contribution in [-0.2, 0) is 0 Å². The highest BCUT2D eigenvalue weighted by Crippen LogP contribution is 2.17. The Labute approximate surface area is 87.4 Å². The molecule has 1 heterocycles. The predicted octanol–water partition coefficient (Wildman–Crippen LogP) is 2.40. The van der Waals surface area contributed by atoms with Crippen LogP contribution in [0.3, 0.4) is 0 Å². The molecule has 1 aromatic heterocycles. The summed E-state index contributed by atoms with van der Waals surface area (Å²) < 4.78 is 30.2. The summed E-state index contributed by atoms with van der Waals surface area (Å²) in [6, 6.07) is 1.37. The summed E-state index contributed by atoms with van der Waals surface area (Å²) in [5.74, 6) is -0.0813. The molecule has 0 saturated carbocycles. The lowest BCUT2D eigenvalue weighted by Crippen LogP contribution is -2.22. The molecule has 0 atom stereocenters. The minimum absolute atomic E-state index is 0.0813. The summed E-state index contributed by atoms with van der Waals surface area (Å²) in [6.45, 7) is -0.929. The first-order valence-corrected chi connectivity index (χ1v) is 4.68. The van der Waals surface area contributed by atoms with Gasteiger partial charge in [-0.25, -0.2) is 0 Å². The van der Waals surface area contributed by atoms with E-state index in [4.69, 9.17) is 4.74 Å². The van der Waals surface area contributed by atoms with E-state index < -0.39 is 12.1 Å². The number of hydrogen-bond donors (Lipinski definition) is 0. The maximum atomic E-state index is 12.3. The monoisotopic (exact) mass is 267 g/mol. The second kappa shape index (κ2) is 4.54. The molecule has 0 spiro atoms. The van der Waals surface area contributed by atoms with Crippen LogP contribution in [0.25, 0.3) is 0 Å². The van der Waals surface area contributed by atoms with E-state index >= 15 is 0 Å². The van der Waals surface area contributed by atoms with Gasteiger partial charge in [0.1, 0.15) is 0 Å². The zero-order chi connectivity index (χ0) is 10.7. The zero-order valence-corrected chi connectivity index (χ0v) is 8.92. The highest BCUT2D eigenvalue weighted by Gasteiger charge is 2.12. The SMILES string of the molecule is CCOc1cc(Br)cn(C(F)F)c1=O. The number of nitrogens with zero attached hydrogens (tertiary/aromatic N) is 1. The first-order chi connectivity index (χ1) is 6.56. The van der Waals surface area contributed by atoms with Crippen molar-refractivity contribution in [2.45, 2.75) is 13.5 Å². The van der Waals surface area contributed by atoms with E-state index in [0.29, 0.717) is 9.04 Å². The molecule has 3 nitrogen and oxygen atoms in total. The van der Waals surface area contributed by atoms with Crippen LogP contribution in [0, 0.1) is 0 Å². The van der Waals surface area contributed by atoms with Crippen molar-refractivity contribution < 1.29 is 13.5 Å². The highest BCUT2D eigenvalue weighted by molar-refractivity contribution is 9.10. The minimum atomic E-state index is -2.86. The van der Waals surface area contributed by atoms with Gasteiger partial charge in [-0.05, 0) is 22.9 Å². The Morgan fingerprint density at radius 3 is 2.79 bits per heavy atom. The van der Waals surface area contributed by atoms with Gasteiger partial charge in [0, 0.05) is 16.7 Å². The zero-order valence-electron chi connectivity index (χ0n) is 7.34. The quantitative estimate of drug-likeness (QED) is 0.842. The molecule has 0 radical (unpaired) electrons. The predicted molar refractivity (Wildman–Crippen MR) is 50.8 cm³/mol. The van der Waals surface area contributed by atoms with Crippen LogP contribution in [0.4, 0.5) is 8.78 Å². The first-order valence-electron chi connectivity index (χ1n) is 3.89. The van der Waals surface area contributed by atoms with Crippen molar-refractivity contribution in [3.63, 3.8) is 0 Å². The van der Waals surface area contributed by atoms with Crippen molar-refractivity contribution in [1.82, 2.24) is 4.57 Å². The molecule has 0 aliphatic rings. The van der Waals surface area contributed by atoms with Gasteiger partial charge in [-0.3, -0.25) is 9.36 Å². The Bertz CT molecular complexity index is 378. The van der Waals surface area contributed by atoms with E-state index in [1.165, 1.54) is 6.07 Å². The molecule has 0 saturated heterocycles. The molecule has 14 heavy (non-hydrogen) atoms. The summed E-state index contributed by atoms with van der Waals surface area (Å²) in [5.41, 5.74) is -0.829. The number of hydrogen-bond acceptors (Lipinski definition) is 2. The molecular weight excluding hydrogens is 260 g/mol. The number of ether oxygens (including phenoxy) is 1. The summed E-state index contributed by atoms with van der Waals surface area (Å²) in [7, 11) is 0. The Hall–Kier alpha value is -0.910. The fourth-order valence-corrected chi connectivity index (χ4v) is 1.38. The third kappa shape index (κ3) is 2.31. The molecule has 0 bridgehead atoms. The maximum Gasteiger partial charge on any atom is 0.321 e. The molecule has 1 rings (SSSR count). The summed E-state index contributed by atoms with van der Waals surface area (Å²) in [5, 5.41) is 0. The average molecular weight is 268 g/mol. The van der Waals surface area contributed by atoms with Gasteiger partial charge in [0.15, 0.2) is 5.75 Å². The molecule has 0 aromatic carbocycles. The lowest BCUT2D eigenvalue weighted by Gasteiger charge is -2.08. The van der Waals surface area contributed by atoms with Gasteiger partial charge in [-0.2, -0.15) is 8.78 Å². The van der Waals surface area contributed by atoms with Gasteiger partial charge < -0.3 is 4.74 Å². The normalized spacial score (nSPS) is 10.6. The average Bonchev–Trinajstić information content (AvgIpc) is 2.10. The fourth-order valence-electron chi connectivity index (χ4n) is 0.947. The Morgan fingerprint density at radius 2 is 2.29 bits per heavy atom. The third-order valence-electron chi connectivity index (χ3n) is 1.49. The standard InChI is InChI=1S/C8H8BrF2NO2/c1-2-14-6-3-5(9)4-12(7(6)13)8(10)11/h3-4,8H,2H2,1H3. The van der Waals surface area contributed by atoms with E-state index in [1.54, 1.807) is 6.92 Å². The molecule has 6 heteroatoms. The largest absolute Gasteiger partial charge is 0.488 e. The number of aromatic nitrogens is 1. The van der Waals surface area contributed by atoms with Gasteiger partial charge in [0.05, 0.1) is 6.61 Å². The molecule has 1 aromatic rings. The smallest absolute Gasteiger partial charge is 0.321 e. The van der Waals surface area contributed by atoms with Crippen molar-refractivity contribution in [2.24, 2.45) is 0 Å². The van der Waals surface area contributed by atoms with E-state index in [9.17, 15) is 13.6 Å². The molecule has 0 unspecified atom stereocenters. The fraction of sp³-hybridized carbons (Fsp3) is 0.375. The van der Waals surface area contributed by atoms with Crippen LogP contribution in [-0.4, -0.2) is 11.2 Å². The van der Waals surface area contributed by atoms with Gasteiger partial charge in [0.2, 0.25) is 0 Å². The summed E-state index contributed by atoms with van der Waals surface area (Å²) >= 11 is 3.01. The molecule has 0 fully saturated rings.